The van der Waals surface area contributed by atoms with Crippen LogP contribution in [-0.4, -0.2) is 29.1 Å². The highest BCUT2D eigenvalue weighted by molar-refractivity contribution is 5.20. The molecular formula is C16H23F2NO. The van der Waals surface area contributed by atoms with E-state index in [1.165, 1.54) is 25.3 Å². The number of hydrogen-bond acceptors (Lipinski definition) is 2. The molecule has 0 saturated carbocycles. The van der Waals surface area contributed by atoms with Crippen LogP contribution >= 0.6 is 0 Å². The van der Waals surface area contributed by atoms with E-state index in [0.717, 1.165) is 31.6 Å². The standard InChI is InChI=1S/C16H23F2NO/c1-2-13-5-3-4-9-19(13)10-8-16(20)12-6-7-14(17)15(18)11-12/h6-7,11,13,16,20H,2-5,8-10H2,1H3. The molecule has 0 aliphatic carbocycles. The van der Waals surface area contributed by atoms with E-state index < -0.39 is 17.7 Å². The zero-order valence-electron chi connectivity index (χ0n) is 12.0. The van der Waals surface area contributed by atoms with Gasteiger partial charge in [-0.3, -0.25) is 0 Å². The van der Waals surface area contributed by atoms with E-state index in [4.69, 9.17) is 0 Å². The van der Waals surface area contributed by atoms with Crippen LogP contribution in [-0.2, 0) is 0 Å². The SMILES string of the molecule is CCC1CCCCN1CCC(O)c1ccc(F)c(F)c1. The molecule has 2 rings (SSSR count). The molecule has 1 aliphatic rings. The first-order valence-electron chi connectivity index (χ1n) is 7.49. The summed E-state index contributed by atoms with van der Waals surface area (Å²) >= 11 is 0. The van der Waals surface area contributed by atoms with Gasteiger partial charge < -0.3 is 10.0 Å². The van der Waals surface area contributed by atoms with Crippen molar-refractivity contribution in [3.8, 4) is 0 Å². The summed E-state index contributed by atoms with van der Waals surface area (Å²) < 4.78 is 26.0. The van der Waals surface area contributed by atoms with Crippen LogP contribution in [0.1, 0.15) is 50.7 Å². The molecule has 1 N–H and O–H groups in total. The molecule has 1 aromatic rings. The lowest BCUT2D eigenvalue weighted by atomic mass is 9.98. The number of rotatable bonds is 5. The first-order chi connectivity index (χ1) is 9.61. The van der Waals surface area contributed by atoms with Crippen LogP contribution in [0, 0.1) is 11.6 Å². The first-order valence-corrected chi connectivity index (χ1v) is 7.49. The molecule has 0 aromatic heterocycles. The van der Waals surface area contributed by atoms with E-state index in [1.807, 2.05) is 0 Å². The average Bonchev–Trinajstić information content (AvgIpc) is 2.47. The number of aliphatic hydroxyl groups is 1. The maximum Gasteiger partial charge on any atom is 0.159 e. The third-order valence-electron chi connectivity index (χ3n) is 4.24. The molecule has 1 fully saturated rings. The number of aliphatic hydroxyl groups excluding tert-OH is 1. The highest BCUT2D eigenvalue weighted by Gasteiger charge is 2.21. The van der Waals surface area contributed by atoms with Crippen molar-refractivity contribution in [3.63, 3.8) is 0 Å². The third-order valence-corrected chi connectivity index (χ3v) is 4.24. The average molecular weight is 283 g/mol. The van der Waals surface area contributed by atoms with Crippen LogP contribution in [0.15, 0.2) is 18.2 Å². The van der Waals surface area contributed by atoms with Crippen molar-refractivity contribution < 1.29 is 13.9 Å². The van der Waals surface area contributed by atoms with Crippen LogP contribution in [0.2, 0.25) is 0 Å². The maximum atomic E-state index is 13.2. The van der Waals surface area contributed by atoms with Gasteiger partial charge in [0.05, 0.1) is 6.10 Å². The highest BCUT2D eigenvalue weighted by Crippen LogP contribution is 2.23. The van der Waals surface area contributed by atoms with Gasteiger partial charge in [0, 0.05) is 12.6 Å². The molecule has 4 heteroatoms. The minimum absolute atomic E-state index is 0.453. The summed E-state index contributed by atoms with van der Waals surface area (Å²) in [4.78, 5) is 2.41. The first kappa shape index (κ1) is 15.4. The van der Waals surface area contributed by atoms with Crippen LogP contribution in [0.4, 0.5) is 8.78 Å². The minimum Gasteiger partial charge on any atom is -0.388 e. The number of likely N-dealkylation sites (tertiary alicyclic amines) is 1. The van der Waals surface area contributed by atoms with Gasteiger partial charge >= 0.3 is 0 Å². The monoisotopic (exact) mass is 283 g/mol. The van der Waals surface area contributed by atoms with Crippen LogP contribution in [0.25, 0.3) is 0 Å². The Balaban J connectivity index is 1.90. The molecule has 0 radical (unpaired) electrons. The number of hydrogen-bond donors (Lipinski definition) is 1. The van der Waals surface area contributed by atoms with Crippen LogP contribution < -0.4 is 0 Å². The molecule has 0 amide bonds. The van der Waals surface area contributed by atoms with Gasteiger partial charge in [0.25, 0.3) is 0 Å². The zero-order chi connectivity index (χ0) is 14.5. The second-order valence-electron chi connectivity index (χ2n) is 5.57. The third kappa shape index (κ3) is 3.76. The fourth-order valence-corrected chi connectivity index (χ4v) is 2.99. The van der Waals surface area contributed by atoms with Gasteiger partial charge in [0.15, 0.2) is 11.6 Å². The van der Waals surface area contributed by atoms with Gasteiger partial charge in [-0.1, -0.05) is 19.4 Å². The minimum atomic E-state index is -0.897. The molecule has 2 atom stereocenters. The van der Waals surface area contributed by atoms with Crippen molar-refractivity contribution in [2.75, 3.05) is 13.1 Å². The van der Waals surface area contributed by atoms with Crippen molar-refractivity contribution in [3.05, 3.63) is 35.4 Å². The van der Waals surface area contributed by atoms with E-state index in [0.29, 0.717) is 18.0 Å². The zero-order valence-corrected chi connectivity index (χ0v) is 12.0. The number of benzene rings is 1. The highest BCUT2D eigenvalue weighted by atomic mass is 19.2. The van der Waals surface area contributed by atoms with E-state index >= 15 is 0 Å². The lowest BCUT2D eigenvalue weighted by Gasteiger charge is -2.35. The predicted octanol–water partition coefficient (Wildman–Crippen LogP) is 3.65. The molecule has 1 aliphatic heterocycles. The Hall–Kier alpha value is -1.00. The van der Waals surface area contributed by atoms with Gasteiger partial charge in [0.1, 0.15) is 0 Å². The van der Waals surface area contributed by atoms with E-state index in [-0.39, 0.29) is 0 Å². The van der Waals surface area contributed by atoms with Gasteiger partial charge in [-0.2, -0.15) is 0 Å². The van der Waals surface area contributed by atoms with Crippen molar-refractivity contribution >= 4 is 0 Å². The number of piperidine rings is 1. The summed E-state index contributed by atoms with van der Waals surface area (Å²) in [6.45, 7) is 4.07. The Labute approximate surface area is 119 Å². The summed E-state index contributed by atoms with van der Waals surface area (Å²) in [5, 5.41) is 10.1. The molecule has 2 unspecified atom stereocenters. The molecule has 0 bridgehead atoms. The van der Waals surface area contributed by atoms with E-state index in [1.54, 1.807) is 0 Å². The lowest BCUT2D eigenvalue weighted by Crippen LogP contribution is -2.40. The topological polar surface area (TPSA) is 23.5 Å². The predicted molar refractivity (Wildman–Crippen MR) is 75.4 cm³/mol. The lowest BCUT2D eigenvalue weighted by molar-refractivity contribution is 0.101. The Kier molecular flexibility index (Phi) is 5.49. The van der Waals surface area contributed by atoms with Gasteiger partial charge in [-0.05, 0) is 49.9 Å². The molecule has 0 spiro atoms. The summed E-state index contributed by atoms with van der Waals surface area (Å²) in [6, 6.07) is 4.22. The smallest absolute Gasteiger partial charge is 0.159 e. The molecule has 112 valence electrons. The van der Waals surface area contributed by atoms with Gasteiger partial charge in [-0.25, -0.2) is 8.78 Å². The van der Waals surface area contributed by atoms with Gasteiger partial charge in [-0.15, -0.1) is 0 Å². The largest absolute Gasteiger partial charge is 0.388 e. The number of halogens is 2. The fraction of sp³-hybridized carbons (Fsp3) is 0.625. The van der Waals surface area contributed by atoms with Crippen molar-refractivity contribution in [1.82, 2.24) is 4.90 Å². The van der Waals surface area contributed by atoms with Crippen LogP contribution in [0.3, 0.4) is 0 Å². The second kappa shape index (κ2) is 7.14. The van der Waals surface area contributed by atoms with E-state index in [2.05, 4.69) is 11.8 Å². The Morgan fingerprint density at radius 3 is 2.80 bits per heavy atom. The van der Waals surface area contributed by atoms with Crippen molar-refractivity contribution in [2.45, 2.75) is 51.2 Å². The number of nitrogens with zero attached hydrogens (tertiary/aromatic N) is 1. The maximum absolute atomic E-state index is 13.2. The molecule has 1 aromatic carbocycles. The van der Waals surface area contributed by atoms with Crippen LogP contribution in [0.5, 0.6) is 0 Å². The molecule has 1 saturated heterocycles. The summed E-state index contributed by atoms with van der Waals surface area (Å²) in [5.41, 5.74) is 0.453. The Bertz CT molecular complexity index is 438. The summed E-state index contributed by atoms with van der Waals surface area (Å²) in [5.74, 6) is -1.77. The Morgan fingerprint density at radius 1 is 1.30 bits per heavy atom. The van der Waals surface area contributed by atoms with Crippen molar-refractivity contribution in [2.24, 2.45) is 0 Å². The van der Waals surface area contributed by atoms with Crippen molar-refractivity contribution in [1.29, 1.82) is 0 Å². The summed E-state index contributed by atoms with van der Waals surface area (Å²) in [7, 11) is 0. The molecular weight excluding hydrogens is 260 g/mol. The van der Waals surface area contributed by atoms with E-state index in [9.17, 15) is 13.9 Å². The van der Waals surface area contributed by atoms with Gasteiger partial charge in [0.2, 0.25) is 0 Å². The second-order valence-corrected chi connectivity index (χ2v) is 5.57. The summed E-state index contributed by atoms with van der Waals surface area (Å²) in [6.07, 6.45) is 4.66. The molecule has 20 heavy (non-hydrogen) atoms. The Morgan fingerprint density at radius 2 is 2.10 bits per heavy atom. The quantitative estimate of drug-likeness (QED) is 0.891. The molecule has 2 nitrogen and oxygen atoms in total. The fourth-order valence-electron chi connectivity index (χ4n) is 2.99. The normalized spacial score (nSPS) is 21.9. The molecule has 1 heterocycles.